The maximum absolute atomic E-state index is 13.9. The maximum atomic E-state index is 13.9. The van der Waals surface area contributed by atoms with E-state index in [-0.39, 0.29) is 42.1 Å². The minimum Gasteiger partial charge on any atom is -0.375 e. The molecule has 0 N–H and O–H groups in total. The summed E-state index contributed by atoms with van der Waals surface area (Å²) >= 11 is 0. The fourth-order valence-corrected chi connectivity index (χ4v) is 4.87. The lowest BCUT2D eigenvalue weighted by Gasteiger charge is -2.30. The first-order valence-electron chi connectivity index (χ1n) is 10.2. The van der Waals surface area contributed by atoms with Crippen molar-refractivity contribution < 1.29 is 18.7 Å². The van der Waals surface area contributed by atoms with Crippen molar-refractivity contribution >= 4 is 11.8 Å². The third-order valence-corrected chi connectivity index (χ3v) is 6.19. The second-order valence-electron chi connectivity index (χ2n) is 8.20. The summed E-state index contributed by atoms with van der Waals surface area (Å²) in [6, 6.07) is 9.79. The van der Waals surface area contributed by atoms with Crippen LogP contribution in [0.2, 0.25) is 0 Å². The van der Waals surface area contributed by atoms with Crippen LogP contribution >= 0.6 is 0 Å². The number of methoxy groups -OCH3 is 1. The van der Waals surface area contributed by atoms with E-state index in [0.717, 1.165) is 17.0 Å². The van der Waals surface area contributed by atoms with E-state index in [9.17, 15) is 14.0 Å². The molecule has 2 saturated heterocycles. The summed E-state index contributed by atoms with van der Waals surface area (Å²) in [5, 5.41) is 0. The number of rotatable bonds is 4. The van der Waals surface area contributed by atoms with Gasteiger partial charge in [0.2, 0.25) is 5.91 Å². The monoisotopic (exact) mass is 411 g/mol. The lowest BCUT2D eigenvalue weighted by atomic mass is 9.89. The smallest absolute Gasteiger partial charge is 0.255 e. The van der Waals surface area contributed by atoms with Crippen molar-refractivity contribution in [3.8, 4) is 0 Å². The quantitative estimate of drug-likeness (QED) is 0.776. The van der Waals surface area contributed by atoms with Crippen molar-refractivity contribution in [1.29, 1.82) is 0 Å². The highest BCUT2D eigenvalue weighted by molar-refractivity contribution is 5.95. The molecule has 158 valence electrons. The van der Waals surface area contributed by atoms with Crippen LogP contribution in [0, 0.1) is 31.5 Å². The second-order valence-corrected chi connectivity index (χ2v) is 8.20. The van der Waals surface area contributed by atoms with Crippen LogP contribution in [-0.4, -0.2) is 59.9 Å². The number of nitrogens with zero attached hydrogens (tertiary/aromatic N) is 3. The van der Waals surface area contributed by atoms with Gasteiger partial charge in [-0.15, -0.1) is 0 Å². The molecule has 2 amide bonds. The third-order valence-electron chi connectivity index (χ3n) is 6.19. The summed E-state index contributed by atoms with van der Waals surface area (Å²) in [6.45, 7) is 5.35. The fraction of sp³-hybridized carbons (Fsp3) is 0.435. The van der Waals surface area contributed by atoms with Crippen molar-refractivity contribution in [3.05, 3.63) is 64.7 Å². The Morgan fingerprint density at radius 1 is 1.17 bits per heavy atom. The van der Waals surface area contributed by atoms with E-state index in [4.69, 9.17) is 4.74 Å². The number of likely N-dealkylation sites (tertiary alicyclic amines) is 2. The molecule has 6 nitrogen and oxygen atoms in total. The zero-order valence-electron chi connectivity index (χ0n) is 17.5. The van der Waals surface area contributed by atoms with Gasteiger partial charge in [-0.1, -0.05) is 12.1 Å². The molecule has 0 spiro atoms. The predicted octanol–water partition coefficient (Wildman–Crippen LogP) is 2.76. The Kier molecular flexibility index (Phi) is 5.56. The number of aryl methyl sites for hydroxylation is 2. The Hall–Kier alpha value is -2.80. The minimum absolute atomic E-state index is 0.0118. The van der Waals surface area contributed by atoms with Gasteiger partial charge in [0, 0.05) is 44.3 Å². The van der Waals surface area contributed by atoms with E-state index in [1.54, 1.807) is 11.0 Å². The molecule has 3 atom stereocenters. The first-order valence-corrected chi connectivity index (χ1v) is 10.2. The standard InChI is InChI=1S/C23H26FN3O3/c1-14-7-8-19(15(2)25-14)23(29)26-10-17-11-27(21(28)13-30-3)22(20(17)12-26)16-5-4-6-18(24)9-16/h4-9,17,20,22H,10-13H2,1-3H3/t17-,20-,22+/m1/s1. The van der Waals surface area contributed by atoms with E-state index in [1.807, 2.05) is 36.9 Å². The highest BCUT2D eigenvalue weighted by Crippen LogP contribution is 2.45. The average molecular weight is 411 g/mol. The Balaban J connectivity index is 1.61. The molecule has 2 aliphatic rings. The molecule has 2 aromatic rings. The number of hydrogen-bond donors (Lipinski definition) is 0. The Bertz CT molecular complexity index is 980. The van der Waals surface area contributed by atoms with Gasteiger partial charge >= 0.3 is 0 Å². The van der Waals surface area contributed by atoms with E-state index in [1.165, 1.54) is 19.2 Å². The maximum Gasteiger partial charge on any atom is 0.255 e. The van der Waals surface area contributed by atoms with Crippen LogP contribution in [0.25, 0.3) is 0 Å². The Labute approximate surface area is 175 Å². The number of aromatic nitrogens is 1. The summed E-state index contributed by atoms with van der Waals surface area (Å²) < 4.78 is 19.0. The molecular weight excluding hydrogens is 385 g/mol. The molecule has 0 aliphatic carbocycles. The number of carbonyl (C=O) groups excluding carboxylic acids is 2. The number of hydrogen-bond acceptors (Lipinski definition) is 4. The fourth-order valence-electron chi connectivity index (χ4n) is 4.87. The van der Waals surface area contributed by atoms with Gasteiger partial charge in [0.1, 0.15) is 12.4 Å². The zero-order chi connectivity index (χ0) is 21.4. The molecule has 2 fully saturated rings. The van der Waals surface area contributed by atoms with Gasteiger partial charge in [-0.05, 0) is 43.7 Å². The van der Waals surface area contributed by atoms with Crippen LogP contribution in [0.3, 0.4) is 0 Å². The molecule has 2 aliphatic heterocycles. The van der Waals surface area contributed by atoms with Crippen molar-refractivity contribution in [2.75, 3.05) is 33.4 Å². The van der Waals surface area contributed by atoms with Gasteiger partial charge in [0.15, 0.2) is 0 Å². The normalized spacial score (nSPS) is 23.0. The number of halogens is 1. The number of carbonyl (C=O) groups is 2. The van der Waals surface area contributed by atoms with E-state index >= 15 is 0 Å². The van der Waals surface area contributed by atoms with Gasteiger partial charge < -0.3 is 14.5 Å². The largest absolute Gasteiger partial charge is 0.375 e. The van der Waals surface area contributed by atoms with Crippen LogP contribution in [-0.2, 0) is 9.53 Å². The average Bonchev–Trinajstić information content (AvgIpc) is 3.25. The Morgan fingerprint density at radius 3 is 2.67 bits per heavy atom. The lowest BCUT2D eigenvalue weighted by Crippen LogP contribution is -2.39. The minimum atomic E-state index is -0.331. The number of amides is 2. The van der Waals surface area contributed by atoms with Gasteiger partial charge in [-0.2, -0.15) is 0 Å². The Morgan fingerprint density at radius 2 is 1.97 bits per heavy atom. The van der Waals surface area contributed by atoms with Crippen molar-refractivity contribution in [2.24, 2.45) is 11.8 Å². The first kappa shape index (κ1) is 20.5. The highest BCUT2D eigenvalue weighted by atomic mass is 19.1. The summed E-state index contributed by atoms with van der Waals surface area (Å²) in [7, 11) is 1.49. The van der Waals surface area contributed by atoms with Crippen molar-refractivity contribution in [2.45, 2.75) is 19.9 Å². The van der Waals surface area contributed by atoms with Gasteiger partial charge in [0.25, 0.3) is 5.91 Å². The van der Waals surface area contributed by atoms with Gasteiger partial charge in [-0.3, -0.25) is 14.6 Å². The SMILES string of the molecule is COCC(=O)N1C[C@H]2CN(C(=O)c3ccc(C)nc3C)C[C@H]2[C@@H]1c1cccc(F)c1. The third kappa shape index (κ3) is 3.69. The molecule has 7 heteroatoms. The molecule has 0 unspecified atom stereocenters. The summed E-state index contributed by atoms with van der Waals surface area (Å²) in [6.07, 6.45) is 0. The molecule has 1 aromatic carbocycles. The van der Waals surface area contributed by atoms with Crippen LogP contribution in [0.1, 0.15) is 33.4 Å². The highest BCUT2D eigenvalue weighted by Gasteiger charge is 2.50. The number of benzene rings is 1. The van der Waals surface area contributed by atoms with E-state index in [0.29, 0.717) is 25.2 Å². The number of fused-ring (bicyclic) bond motifs is 1. The molecule has 4 rings (SSSR count). The molecular formula is C23H26FN3O3. The first-order chi connectivity index (χ1) is 14.4. The van der Waals surface area contributed by atoms with Gasteiger partial charge in [-0.25, -0.2) is 4.39 Å². The topological polar surface area (TPSA) is 62.7 Å². The van der Waals surface area contributed by atoms with Crippen molar-refractivity contribution in [1.82, 2.24) is 14.8 Å². The molecule has 0 saturated carbocycles. The molecule has 3 heterocycles. The molecule has 1 aromatic heterocycles. The predicted molar refractivity (Wildman–Crippen MR) is 109 cm³/mol. The summed E-state index contributed by atoms with van der Waals surface area (Å²) in [5.74, 6) is -0.292. The molecule has 30 heavy (non-hydrogen) atoms. The molecule has 0 radical (unpaired) electrons. The van der Waals surface area contributed by atoms with Crippen LogP contribution in [0.4, 0.5) is 4.39 Å². The second kappa shape index (κ2) is 8.14. The van der Waals surface area contributed by atoms with Crippen LogP contribution < -0.4 is 0 Å². The van der Waals surface area contributed by atoms with Crippen LogP contribution in [0.15, 0.2) is 36.4 Å². The lowest BCUT2D eigenvalue weighted by molar-refractivity contribution is -0.136. The van der Waals surface area contributed by atoms with Gasteiger partial charge in [0.05, 0.1) is 17.3 Å². The summed E-state index contributed by atoms with van der Waals surface area (Å²) in [5.41, 5.74) is 2.96. The zero-order valence-corrected chi connectivity index (χ0v) is 17.5. The number of pyridine rings is 1. The van der Waals surface area contributed by atoms with Crippen LogP contribution in [0.5, 0.6) is 0 Å². The van der Waals surface area contributed by atoms with Crippen molar-refractivity contribution in [3.63, 3.8) is 0 Å². The van der Waals surface area contributed by atoms with E-state index < -0.39 is 0 Å². The van der Waals surface area contributed by atoms with E-state index in [2.05, 4.69) is 4.98 Å². The summed E-state index contributed by atoms with van der Waals surface area (Å²) in [4.78, 5) is 33.9. The molecule has 0 bridgehead atoms. The number of ether oxygens (including phenoxy) is 1.